The molecule has 0 aliphatic heterocycles. The summed E-state index contributed by atoms with van der Waals surface area (Å²) in [6.07, 6.45) is 0. The predicted molar refractivity (Wildman–Crippen MR) is 54.3 cm³/mol. The number of rotatable bonds is 4. The monoisotopic (exact) mass is 271 g/mol. The van der Waals surface area contributed by atoms with Crippen LogP contribution in [0, 0.1) is 20.2 Å². The van der Waals surface area contributed by atoms with Crippen molar-refractivity contribution in [2.24, 2.45) is 22.1 Å². The van der Waals surface area contributed by atoms with Crippen molar-refractivity contribution in [3.63, 3.8) is 0 Å². The van der Waals surface area contributed by atoms with Crippen molar-refractivity contribution >= 4 is 0 Å². The molecule has 0 saturated heterocycles. The van der Waals surface area contributed by atoms with Gasteiger partial charge in [-0.1, -0.05) is 0 Å². The van der Waals surface area contributed by atoms with Crippen LogP contribution in [0.3, 0.4) is 0 Å². The summed E-state index contributed by atoms with van der Waals surface area (Å²) in [4.78, 5) is 16.0. The Morgan fingerprint density at radius 3 is 1.33 bits per heavy atom. The Kier molecular flexibility index (Phi) is 100. The average molecular weight is 271 g/mol. The van der Waals surface area contributed by atoms with Crippen LogP contribution in [0.4, 0.5) is 0 Å². The molecule has 0 rings (SSSR count). The average Bonchev–Trinajstić information content (AvgIpc) is 2.08. The maximum absolute atomic E-state index is 8.00. The Hall–Kier alpha value is -0.854. The van der Waals surface area contributed by atoms with E-state index < -0.39 is 0 Å². The molecule has 15 heavy (non-hydrogen) atoms. The fraction of sp³-hybridized carbons (Fsp3) is 1.00. The van der Waals surface area contributed by atoms with Crippen LogP contribution >= 0.6 is 0 Å². The third-order valence-electron chi connectivity index (χ3n) is 0.642. The van der Waals surface area contributed by atoms with E-state index in [0.717, 1.165) is 23.8 Å². The summed E-state index contributed by atoms with van der Waals surface area (Å²) < 4.78 is 0. The van der Waals surface area contributed by atoms with E-state index in [-0.39, 0.29) is 22.9 Å². The smallest absolute Gasteiger partial charge is 0.00750 e. The van der Waals surface area contributed by atoms with Crippen LogP contribution in [0.1, 0.15) is 0 Å². The van der Waals surface area contributed by atoms with Gasteiger partial charge < -0.3 is 43.2 Å². The van der Waals surface area contributed by atoms with Gasteiger partial charge in [-0.3, -0.25) is 0 Å². The van der Waals surface area contributed by atoms with Gasteiger partial charge in [0.1, 0.15) is 0 Å². The van der Waals surface area contributed by atoms with E-state index in [1.807, 2.05) is 0 Å². The molecule has 8 N–H and O–H groups in total. The third-order valence-corrected chi connectivity index (χ3v) is 0.642. The molecule has 97 valence electrons. The van der Waals surface area contributed by atoms with E-state index >= 15 is 0 Å². The van der Waals surface area contributed by atoms with E-state index in [0.29, 0.717) is 13.1 Å². The van der Waals surface area contributed by atoms with Gasteiger partial charge in [-0.05, 0) is 0 Å². The molecule has 0 aliphatic rings. The summed E-state index contributed by atoms with van der Waals surface area (Å²) in [5.41, 5.74) is 10.3. The molecule has 11 heteroatoms. The van der Waals surface area contributed by atoms with Gasteiger partial charge in [-0.15, -0.1) is 10.7 Å². The zero-order valence-corrected chi connectivity index (χ0v) is 9.09. The normalized spacial score (nSPS) is 6.00. The molecule has 0 amide bonds. The second-order valence-electron chi connectivity index (χ2n) is 1.48. The molecule has 0 aromatic rings. The predicted octanol–water partition coefficient (Wildman–Crippen LogP) is -0.846. The van der Waals surface area contributed by atoms with E-state index in [9.17, 15) is 0 Å². The van der Waals surface area contributed by atoms with E-state index in [4.69, 9.17) is 31.7 Å². The molecule has 0 bridgehead atoms. The van der Waals surface area contributed by atoms with E-state index in [2.05, 4.69) is 5.32 Å². The first-order valence-electron chi connectivity index (χ1n) is 3.25. The van der Waals surface area contributed by atoms with Crippen LogP contribution < -0.4 is 22.9 Å². The number of nitrogens with two attached hydrogens (primary N) is 2. The Balaban J connectivity index is -0.0000000361. The summed E-state index contributed by atoms with van der Waals surface area (Å²) in [6.45, 7) is 3.13. The SMILES string of the molecule is N.NCCNCCN.O=N[O-].O=N[O-].[Co]. The summed E-state index contributed by atoms with van der Waals surface area (Å²) >= 11 is 0. The van der Waals surface area contributed by atoms with Crippen molar-refractivity contribution in [3.05, 3.63) is 20.2 Å². The van der Waals surface area contributed by atoms with E-state index in [1.165, 1.54) is 0 Å². The van der Waals surface area contributed by atoms with Gasteiger partial charge in [-0.2, -0.15) is 0 Å². The van der Waals surface area contributed by atoms with Crippen molar-refractivity contribution in [2.45, 2.75) is 0 Å². The molecule has 0 fully saturated rings. The molecule has 0 spiro atoms. The Labute approximate surface area is 97.4 Å². The third kappa shape index (κ3) is 165. The minimum Gasteiger partial charge on any atom is -0.444 e. The Morgan fingerprint density at radius 1 is 1.00 bits per heavy atom. The van der Waals surface area contributed by atoms with Crippen LogP contribution in [0.2, 0.25) is 0 Å². The quantitative estimate of drug-likeness (QED) is 0.287. The minimum atomic E-state index is 0. The number of hydrogen-bond donors (Lipinski definition) is 4. The molecule has 1 radical (unpaired) electrons. The Bertz CT molecular complexity index is 89.2. The van der Waals surface area contributed by atoms with Crippen LogP contribution in [0.5, 0.6) is 0 Å². The number of hydrogen-bond acceptors (Lipinski definition) is 10. The maximum Gasteiger partial charge on any atom is 0.00750 e. The fourth-order valence-corrected chi connectivity index (χ4v) is 0.329. The van der Waals surface area contributed by atoms with Crippen LogP contribution in [-0.4, -0.2) is 26.2 Å². The minimum absolute atomic E-state index is 0. The zero-order valence-electron chi connectivity index (χ0n) is 8.05. The molecule has 0 aliphatic carbocycles. The van der Waals surface area contributed by atoms with Crippen LogP contribution in [-0.2, 0) is 16.8 Å². The summed E-state index contributed by atoms with van der Waals surface area (Å²) in [5, 5.41) is 21.0. The molecule has 0 aromatic heterocycles. The van der Waals surface area contributed by atoms with Gasteiger partial charge in [0.15, 0.2) is 0 Å². The molecule has 10 nitrogen and oxygen atoms in total. The first-order chi connectivity index (χ1) is 6.24. The number of nitrogens with zero attached hydrogens (tertiary/aromatic N) is 2. The fourth-order valence-electron chi connectivity index (χ4n) is 0.329. The van der Waals surface area contributed by atoms with Crippen LogP contribution in [0.15, 0.2) is 10.7 Å². The maximum atomic E-state index is 8.00. The van der Waals surface area contributed by atoms with Crippen molar-refractivity contribution in [3.8, 4) is 0 Å². The van der Waals surface area contributed by atoms with Gasteiger partial charge in [0.05, 0.1) is 0 Å². The van der Waals surface area contributed by atoms with Crippen molar-refractivity contribution in [1.29, 1.82) is 0 Å². The molecule has 0 unspecified atom stereocenters. The van der Waals surface area contributed by atoms with Gasteiger partial charge in [0, 0.05) is 43.0 Å². The summed E-state index contributed by atoms with van der Waals surface area (Å²) in [5.74, 6) is 0. The van der Waals surface area contributed by atoms with Gasteiger partial charge in [0.2, 0.25) is 0 Å². The van der Waals surface area contributed by atoms with E-state index in [1.54, 1.807) is 0 Å². The van der Waals surface area contributed by atoms with Gasteiger partial charge in [0.25, 0.3) is 0 Å². The van der Waals surface area contributed by atoms with Crippen molar-refractivity contribution in [1.82, 2.24) is 11.5 Å². The summed E-state index contributed by atoms with van der Waals surface area (Å²) in [7, 11) is 0. The first-order valence-corrected chi connectivity index (χ1v) is 3.25. The molecular formula is C4H16CoN6O4-2. The largest absolute Gasteiger partial charge is 0.444 e. The Morgan fingerprint density at radius 2 is 1.20 bits per heavy atom. The van der Waals surface area contributed by atoms with Gasteiger partial charge >= 0.3 is 0 Å². The van der Waals surface area contributed by atoms with Crippen LogP contribution in [0.25, 0.3) is 0 Å². The molecule has 0 heterocycles. The zero-order chi connectivity index (χ0) is 10.9. The molecule has 0 atom stereocenters. The topological polar surface area (TPSA) is 204 Å². The second-order valence-corrected chi connectivity index (χ2v) is 1.48. The second kappa shape index (κ2) is 51.3. The standard InChI is InChI=1S/C4H13N3.Co.2HNO2.H3N/c5-1-3-7-4-2-6;;2*2-1-3;/h7H,1-6H2;;2*(H,2,3);1H3/p-2. The first kappa shape index (κ1) is 29.2. The molecular weight excluding hydrogens is 255 g/mol. The van der Waals surface area contributed by atoms with Gasteiger partial charge in [-0.25, -0.2) is 0 Å². The molecule has 0 saturated carbocycles. The molecule has 0 aromatic carbocycles. The van der Waals surface area contributed by atoms with Crippen molar-refractivity contribution < 1.29 is 16.8 Å². The number of nitrogens with one attached hydrogen (secondary N) is 1. The van der Waals surface area contributed by atoms with Crippen molar-refractivity contribution in [2.75, 3.05) is 26.2 Å². The summed E-state index contributed by atoms with van der Waals surface area (Å²) in [6, 6.07) is 0.